The fourth-order valence-electron chi connectivity index (χ4n) is 2.73. The number of aromatic amines is 1. The molecule has 0 saturated carbocycles. The van der Waals surface area contributed by atoms with Crippen molar-refractivity contribution >= 4 is 44.2 Å². The number of nitrogens with one attached hydrogen (secondary N) is 1. The van der Waals surface area contributed by atoms with Gasteiger partial charge in [0, 0.05) is 36.6 Å². The van der Waals surface area contributed by atoms with E-state index in [4.69, 9.17) is 21.9 Å². The molecular weight excluding hydrogens is 468 g/mol. The number of rotatable bonds is 3. The Kier molecular flexibility index (Phi) is 6.30. The van der Waals surface area contributed by atoms with E-state index < -0.39 is 33.1 Å². The molecule has 3 aromatic heterocycles. The van der Waals surface area contributed by atoms with Gasteiger partial charge in [0.1, 0.15) is 17.3 Å². The zero-order chi connectivity index (χ0) is 23.8. The molecule has 1 aromatic carbocycles. The number of fused-ring (bicyclic) bond motifs is 1. The lowest BCUT2D eigenvalue weighted by Gasteiger charge is -2.05. The Hall–Kier alpha value is -3.35. The molecule has 0 aliphatic rings. The topological polar surface area (TPSA) is 144 Å². The number of hydrogen-bond acceptors (Lipinski definition) is 6. The van der Waals surface area contributed by atoms with Crippen molar-refractivity contribution in [2.24, 2.45) is 7.05 Å². The Balaban J connectivity index is 0.000000222. The van der Waals surface area contributed by atoms with Crippen LogP contribution in [0.3, 0.4) is 0 Å². The average Bonchev–Trinajstić information content (AvgIpc) is 3.28. The Morgan fingerprint density at radius 3 is 2.56 bits per heavy atom. The van der Waals surface area contributed by atoms with E-state index >= 15 is 0 Å². The van der Waals surface area contributed by atoms with E-state index in [0.717, 1.165) is 12.1 Å². The number of halogens is 3. The van der Waals surface area contributed by atoms with E-state index in [9.17, 15) is 22.0 Å². The van der Waals surface area contributed by atoms with E-state index in [1.807, 2.05) is 0 Å². The number of ketones is 1. The molecule has 168 valence electrons. The number of nitrogens with zero attached hydrogens (tertiary/aromatic N) is 3. The predicted molar refractivity (Wildman–Crippen MR) is 113 cm³/mol. The van der Waals surface area contributed by atoms with Crippen molar-refractivity contribution in [3.05, 3.63) is 70.4 Å². The number of hydrogen-bond donors (Lipinski definition) is 3. The molecule has 0 amide bonds. The summed E-state index contributed by atoms with van der Waals surface area (Å²) < 4.78 is 58.7. The molecule has 0 atom stereocenters. The molecule has 0 saturated heterocycles. The number of H-pyrrole nitrogens is 1. The van der Waals surface area contributed by atoms with Gasteiger partial charge in [-0.15, -0.1) is 0 Å². The van der Waals surface area contributed by atoms with Gasteiger partial charge >= 0.3 is 10.1 Å². The summed E-state index contributed by atoms with van der Waals surface area (Å²) in [5, 5.41) is 0.385. The van der Waals surface area contributed by atoms with Crippen molar-refractivity contribution < 1.29 is 26.5 Å². The zero-order valence-electron chi connectivity index (χ0n) is 16.6. The third kappa shape index (κ3) is 4.61. The lowest BCUT2D eigenvalue weighted by Crippen LogP contribution is -2.09. The number of anilines is 1. The van der Waals surface area contributed by atoms with E-state index in [-0.39, 0.29) is 16.3 Å². The number of nitrogen functional groups attached to an aromatic ring is 1. The first-order chi connectivity index (χ1) is 14.9. The van der Waals surface area contributed by atoms with Crippen LogP contribution in [0.5, 0.6) is 0 Å². The molecule has 4 aromatic rings. The highest BCUT2D eigenvalue weighted by Gasteiger charge is 2.23. The summed E-state index contributed by atoms with van der Waals surface area (Å²) in [6.07, 6.45) is 3.99. The van der Waals surface area contributed by atoms with Crippen LogP contribution in [0.1, 0.15) is 21.7 Å². The molecule has 0 spiro atoms. The second-order valence-corrected chi connectivity index (χ2v) is 8.42. The van der Waals surface area contributed by atoms with Crippen LogP contribution in [-0.2, 0) is 17.2 Å². The summed E-state index contributed by atoms with van der Waals surface area (Å²) in [5.41, 5.74) is 4.86. The van der Waals surface area contributed by atoms with Crippen LogP contribution in [0.15, 0.2) is 41.8 Å². The molecule has 32 heavy (non-hydrogen) atoms. The first kappa shape index (κ1) is 23.3. The number of aromatic nitrogens is 4. The summed E-state index contributed by atoms with van der Waals surface area (Å²) in [5.74, 6) is -2.34. The third-order valence-electron chi connectivity index (χ3n) is 4.44. The fraction of sp³-hybridized carbons (Fsp3) is 0.105. The Morgan fingerprint density at radius 2 is 2.00 bits per heavy atom. The van der Waals surface area contributed by atoms with Crippen LogP contribution in [0.25, 0.3) is 11.0 Å². The highest BCUT2D eigenvalue weighted by atomic mass is 35.5. The van der Waals surface area contributed by atoms with E-state index in [0.29, 0.717) is 21.9 Å². The molecule has 0 radical (unpaired) electrons. The normalized spacial score (nSPS) is 11.3. The van der Waals surface area contributed by atoms with Gasteiger partial charge in [0.2, 0.25) is 10.8 Å². The molecule has 4 N–H and O–H groups in total. The standard InChI is InChI=1S/C14H8ClF2N3O.C5H8N2O3S/c15-6-3-7-8(5-20-14(7)19-4-6)13(21)11-9(16)1-2-10(18)12(11)17;1-4-6-5(3-7(4)2)11(8,9)10/h1-5H,18H2,(H,19,20);3H,1-2H3,(H,8,9,10). The maximum absolute atomic E-state index is 13.9. The van der Waals surface area contributed by atoms with Crippen molar-refractivity contribution in [2.45, 2.75) is 11.9 Å². The number of imidazole rings is 1. The van der Waals surface area contributed by atoms with Crippen LogP contribution in [-0.4, -0.2) is 38.3 Å². The predicted octanol–water partition coefficient (Wildman–Crippen LogP) is 3.28. The molecule has 9 nitrogen and oxygen atoms in total. The first-order valence-electron chi connectivity index (χ1n) is 8.78. The number of benzene rings is 1. The van der Waals surface area contributed by atoms with Crippen LogP contribution in [0.4, 0.5) is 14.5 Å². The van der Waals surface area contributed by atoms with Gasteiger partial charge in [0.15, 0.2) is 5.82 Å². The molecule has 4 rings (SSSR count). The van der Waals surface area contributed by atoms with Crippen LogP contribution >= 0.6 is 11.6 Å². The second-order valence-electron chi connectivity index (χ2n) is 6.62. The van der Waals surface area contributed by atoms with Gasteiger partial charge in [-0.1, -0.05) is 11.6 Å². The van der Waals surface area contributed by atoms with Crippen molar-refractivity contribution in [3.8, 4) is 0 Å². The van der Waals surface area contributed by atoms with Crippen LogP contribution in [0, 0.1) is 18.6 Å². The maximum Gasteiger partial charge on any atom is 0.313 e. The summed E-state index contributed by atoms with van der Waals surface area (Å²) in [6, 6.07) is 3.51. The molecule has 0 aliphatic carbocycles. The third-order valence-corrected chi connectivity index (χ3v) is 5.37. The summed E-state index contributed by atoms with van der Waals surface area (Å²) in [6.45, 7) is 1.65. The van der Waals surface area contributed by atoms with Gasteiger partial charge < -0.3 is 15.3 Å². The molecule has 13 heteroatoms. The minimum absolute atomic E-state index is 0.0726. The molecule has 3 heterocycles. The second kappa shape index (κ2) is 8.65. The highest BCUT2D eigenvalue weighted by molar-refractivity contribution is 7.85. The number of aryl methyl sites for hydroxylation is 2. The zero-order valence-corrected chi connectivity index (χ0v) is 18.2. The van der Waals surface area contributed by atoms with Gasteiger partial charge in [0.25, 0.3) is 0 Å². The summed E-state index contributed by atoms with van der Waals surface area (Å²) in [7, 11) is -2.49. The van der Waals surface area contributed by atoms with Crippen LogP contribution in [0.2, 0.25) is 5.02 Å². The van der Waals surface area contributed by atoms with Crippen molar-refractivity contribution in [3.63, 3.8) is 0 Å². The smallest absolute Gasteiger partial charge is 0.313 e. The molecule has 0 bridgehead atoms. The molecule has 0 unspecified atom stereocenters. The minimum atomic E-state index is -4.14. The van der Waals surface area contributed by atoms with Crippen molar-refractivity contribution in [1.82, 2.24) is 19.5 Å². The maximum atomic E-state index is 13.9. The van der Waals surface area contributed by atoms with E-state index in [2.05, 4.69) is 15.0 Å². The molecule has 0 aliphatic heterocycles. The summed E-state index contributed by atoms with van der Waals surface area (Å²) in [4.78, 5) is 22.7. The number of carbonyl (C=O) groups is 1. The van der Waals surface area contributed by atoms with Crippen molar-refractivity contribution in [1.29, 1.82) is 0 Å². The Labute approximate surface area is 185 Å². The average molecular weight is 484 g/mol. The van der Waals surface area contributed by atoms with Crippen LogP contribution < -0.4 is 5.73 Å². The molecule has 0 fully saturated rings. The van der Waals surface area contributed by atoms with Gasteiger partial charge in [-0.05, 0) is 25.1 Å². The van der Waals surface area contributed by atoms with Crippen molar-refractivity contribution in [2.75, 3.05) is 5.73 Å². The molecular formula is C19H16ClF2N5O4S. The first-order valence-corrected chi connectivity index (χ1v) is 10.6. The number of carbonyl (C=O) groups excluding carboxylic acids is 1. The summed E-state index contributed by atoms with van der Waals surface area (Å²) >= 11 is 5.83. The number of nitrogens with two attached hydrogens (primary N) is 1. The largest absolute Gasteiger partial charge is 0.396 e. The quantitative estimate of drug-likeness (QED) is 0.230. The lowest BCUT2D eigenvalue weighted by atomic mass is 10.0. The lowest BCUT2D eigenvalue weighted by molar-refractivity contribution is 0.103. The van der Waals surface area contributed by atoms with Gasteiger partial charge in [-0.25, -0.2) is 18.7 Å². The SMILES string of the molecule is Cc1nc(S(=O)(=O)O)cn1C.Nc1ccc(F)c(C(=O)c2c[nH]c3ncc(Cl)cc23)c1F. The Bertz CT molecular complexity index is 1430. The monoisotopic (exact) mass is 483 g/mol. The van der Waals surface area contributed by atoms with E-state index in [1.165, 1.54) is 29.2 Å². The van der Waals surface area contributed by atoms with Gasteiger partial charge in [-0.3, -0.25) is 9.35 Å². The Morgan fingerprint density at radius 1 is 1.31 bits per heavy atom. The van der Waals surface area contributed by atoms with Gasteiger partial charge in [-0.2, -0.15) is 8.42 Å². The van der Waals surface area contributed by atoms with Gasteiger partial charge in [0.05, 0.1) is 16.3 Å². The highest BCUT2D eigenvalue weighted by Crippen LogP contribution is 2.26. The van der Waals surface area contributed by atoms with E-state index in [1.54, 1.807) is 14.0 Å². The fourth-order valence-corrected chi connectivity index (χ4v) is 3.42. The minimum Gasteiger partial charge on any atom is -0.396 e. The number of pyridine rings is 1.